The maximum Gasteiger partial charge on any atom is 0.225 e. The first-order valence-corrected chi connectivity index (χ1v) is 7.68. The van der Waals surface area contributed by atoms with E-state index in [0.717, 1.165) is 29.7 Å². The quantitative estimate of drug-likeness (QED) is 0.939. The Morgan fingerprint density at radius 2 is 2.09 bits per heavy atom. The van der Waals surface area contributed by atoms with Gasteiger partial charge in [0.2, 0.25) is 5.91 Å². The fourth-order valence-electron chi connectivity index (χ4n) is 3.17. The minimum Gasteiger partial charge on any atom is -0.496 e. The van der Waals surface area contributed by atoms with E-state index in [-0.39, 0.29) is 11.9 Å². The van der Waals surface area contributed by atoms with Gasteiger partial charge in [0.25, 0.3) is 0 Å². The molecule has 0 aliphatic heterocycles. The first-order chi connectivity index (χ1) is 10.7. The van der Waals surface area contributed by atoms with E-state index in [1.807, 2.05) is 31.2 Å². The van der Waals surface area contributed by atoms with Crippen LogP contribution < -0.4 is 10.1 Å². The van der Waals surface area contributed by atoms with Gasteiger partial charge in [0, 0.05) is 5.56 Å². The molecule has 0 saturated carbocycles. The smallest absolute Gasteiger partial charge is 0.225 e. The van der Waals surface area contributed by atoms with Gasteiger partial charge >= 0.3 is 0 Å². The maximum absolute atomic E-state index is 12.4. The molecule has 1 atom stereocenters. The van der Waals surface area contributed by atoms with E-state index < -0.39 is 0 Å². The van der Waals surface area contributed by atoms with E-state index in [0.29, 0.717) is 6.42 Å². The molecule has 0 radical (unpaired) electrons. The summed E-state index contributed by atoms with van der Waals surface area (Å²) in [6.07, 6.45) is 2.37. The largest absolute Gasteiger partial charge is 0.496 e. The van der Waals surface area contributed by atoms with Crippen LogP contribution in [0.25, 0.3) is 0 Å². The molecule has 3 rings (SSSR count). The van der Waals surface area contributed by atoms with Gasteiger partial charge in [-0.15, -0.1) is 0 Å². The van der Waals surface area contributed by atoms with E-state index in [2.05, 4.69) is 23.5 Å². The van der Waals surface area contributed by atoms with Gasteiger partial charge in [0.15, 0.2) is 0 Å². The maximum atomic E-state index is 12.4. The van der Waals surface area contributed by atoms with Crippen LogP contribution in [0.1, 0.15) is 34.7 Å². The van der Waals surface area contributed by atoms with Crippen LogP contribution >= 0.6 is 0 Å². The molecule has 0 spiro atoms. The van der Waals surface area contributed by atoms with Crippen molar-refractivity contribution in [1.82, 2.24) is 5.32 Å². The molecule has 1 aliphatic rings. The molecule has 3 heteroatoms. The summed E-state index contributed by atoms with van der Waals surface area (Å²) in [6.45, 7) is 2.02. The second kappa shape index (κ2) is 6.22. The van der Waals surface area contributed by atoms with Gasteiger partial charge in [-0.1, -0.05) is 42.0 Å². The van der Waals surface area contributed by atoms with Gasteiger partial charge in [-0.25, -0.2) is 0 Å². The highest BCUT2D eigenvalue weighted by molar-refractivity contribution is 5.80. The normalized spacial score (nSPS) is 16.2. The molecule has 0 fully saturated rings. The predicted molar refractivity (Wildman–Crippen MR) is 87.1 cm³/mol. The third-order valence-electron chi connectivity index (χ3n) is 4.25. The van der Waals surface area contributed by atoms with Crippen LogP contribution in [-0.4, -0.2) is 13.0 Å². The molecule has 0 bridgehead atoms. The summed E-state index contributed by atoms with van der Waals surface area (Å²) in [6, 6.07) is 14.4. The fourth-order valence-corrected chi connectivity index (χ4v) is 3.17. The molecule has 0 aromatic heterocycles. The molecular weight excluding hydrogens is 274 g/mol. The Morgan fingerprint density at radius 1 is 1.27 bits per heavy atom. The van der Waals surface area contributed by atoms with E-state index in [1.54, 1.807) is 7.11 Å². The zero-order valence-corrected chi connectivity index (χ0v) is 13.1. The number of carbonyl (C=O) groups is 1. The first kappa shape index (κ1) is 14.6. The number of hydrogen-bond donors (Lipinski definition) is 1. The highest BCUT2D eigenvalue weighted by Gasteiger charge is 2.23. The fraction of sp³-hybridized carbons (Fsp3) is 0.316. The monoisotopic (exact) mass is 295 g/mol. The van der Waals surface area contributed by atoms with Crippen molar-refractivity contribution in [2.45, 2.75) is 32.2 Å². The van der Waals surface area contributed by atoms with Crippen LogP contribution in [0.4, 0.5) is 0 Å². The van der Waals surface area contributed by atoms with Crippen LogP contribution in [0.15, 0.2) is 42.5 Å². The Balaban J connectivity index is 1.70. The van der Waals surface area contributed by atoms with Crippen LogP contribution in [-0.2, 0) is 17.6 Å². The number of benzene rings is 2. The van der Waals surface area contributed by atoms with Crippen molar-refractivity contribution in [3.63, 3.8) is 0 Å². The lowest BCUT2D eigenvalue weighted by molar-refractivity contribution is -0.121. The van der Waals surface area contributed by atoms with Gasteiger partial charge in [-0.3, -0.25) is 4.79 Å². The number of aryl methyl sites for hydroxylation is 2. The van der Waals surface area contributed by atoms with E-state index >= 15 is 0 Å². The summed E-state index contributed by atoms with van der Waals surface area (Å²) in [5.74, 6) is 0.818. The molecule has 114 valence electrons. The highest BCUT2D eigenvalue weighted by Crippen LogP contribution is 2.31. The van der Waals surface area contributed by atoms with Gasteiger partial charge in [0.1, 0.15) is 5.75 Å². The number of amides is 1. The summed E-state index contributed by atoms with van der Waals surface area (Å²) in [7, 11) is 1.64. The van der Waals surface area contributed by atoms with Gasteiger partial charge in [0.05, 0.1) is 19.6 Å². The minimum atomic E-state index is 0.0469. The van der Waals surface area contributed by atoms with Crippen molar-refractivity contribution in [2.75, 3.05) is 7.11 Å². The van der Waals surface area contributed by atoms with Gasteiger partial charge in [-0.05, 0) is 37.0 Å². The number of fused-ring (bicyclic) bond motifs is 1. The summed E-state index contributed by atoms with van der Waals surface area (Å²) < 4.78 is 5.35. The van der Waals surface area contributed by atoms with E-state index in [9.17, 15) is 4.79 Å². The molecule has 1 aliphatic carbocycles. The molecule has 1 N–H and O–H groups in total. The summed E-state index contributed by atoms with van der Waals surface area (Å²) in [5, 5.41) is 3.16. The third kappa shape index (κ3) is 2.98. The molecule has 1 unspecified atom stereocenters. The SMILES string of the molecule is COc1ccc(C)cc1CC(=O)NC1CCc2ccccc21. The summed E-state index contributed by atoms with van der Waals surface area (Å²) >= 11 is 0. The second-order valence-corrected chi connectivity index (χ2v) is 5.85. The number of hydrogen-bond acceptors (Lipinski definition) is 2. The topological polar surface area (TPSA) is 38.3 Å². The highest BCUT2D eigenvalue weighted by atomic mass is 16.5. The Kier molecular flexibility index (Phi) is 4.14. The zero-order chi connectivity index (χ0) is 15.5. The molecule has 3 nitrogen and oxygen atoms in total. The molecule has 2 aromatic rings. The van der Waals surface area contributed by atoms with Crippen molar-refractivity contribution in [2.24, 2.45) is 0 Å². The van der Waals surface area contributed by atoms with E-state index in [1.165, 1.54) is 11.1 Å². The van der Waals surface area contributed by atoms with Crippen molar-refractivity contribution in [3.8, 4) is 5.75 Å². The lowest BCUT2D eigenvalue weighted by Crippen LogP contribution is -2.28. The number of ether oxygens (including phenoxy) is 1. The average molecular weight is 295 g/mol. The molecule has 2 aromatic carbocycles. The number of methoxy groups -OCH3 is 1. The van der Waals surface area contributed by atoms with Crippen molar-refractivity contribution in [1.29, 1.82) is 0 Å². The number of carbonyl (C=O) groups excluding carboxylic acids is 1. The van der Waals surface area contributed by atoms with Crippen LogP contribution in [0.2, 0.25) is 0 Å². The van der Waals surface area contributed by atoms with Gasteiger partial charge in [-0.2, -0.15) is 0 Å². The minimum absolute atomic E-state index is 0.0469. The summed E-state index contributed by atoms with van der Waals surface area (Å²) in [5.41, 5.74) is 4.68. The standard InChI is InChI=1S/C19H21NO2/c1-13-7-10-18(22-2)15(11-13)12-19(21)20-17-9-8-14-5-3-4-6-16(14)17/h3-7,10-11,17H,8-9,12H2,1-2H3,(H,20,21). The molecule has 0 saturated heterocycles. The van der Waals surface area contributed by atoms with Crippen molar-refractivity contribution in [3.05, 3.63) is 64.7 Å². The van der Waals surface area contributed by atoms with Crippen LogP contribution in [0.5, 0.6) is 5.75 Å². The lowest BCUT2D eigenvalue weighted by atomic mass is 10.1. The molecule has 22 heavy (non-hydrogen) atoms. The third-order valence-corrected chi connectivity index (χ3v) is 4.25. The number of nitrogens with one attached hydrogen (secondary N) is 1. The number of rotatable bonds is 4. The predicted octanol–water partition coefficient (Wildman–Crippen LogP) is 3.35. The second-order valence-electron chi connectivity index (χ2n) is 5.85. The Labute approximate surface area is 131 Å². The van der Waals surface area contributed by atoms with Crippen molar-refractivity contribution >= 4 is 5.91 Å². The lowest BCUT2D eigenvalue weighted by Gasteiger charge is -2.15. The average Bonchev–Trinajstić information content (AvgIpc) is 2.91. The van der Waals surface area contributed by atoms with Crippen molar-refractivity contribution < 1.29 is 9.53 Å². The molecule has 0 heterocycles. The van der Waals surface area contributed by atoms with Crippen LogP contribution in [0.3, 0.4) is 0 Å². The molecular formula is C19H21NO2. The van der Waals surface area contributed by atoms with E-state index in [4.69, 9.17) is 4.74 Å². The van der Waals surface area contributed by atoms with Crippen LogP contribution in [0, 0.1) is 6.92 Å². The van der Waals surface area contributed by atoms with Gasteiger partial charge < -0.3 is 10.1 Å². The zero-order valence-electron chi connectivity index (χ0n) is 13.1. The Bertz CT molecular complexity index is 694. The first-order valence-electron chi connectivity index (χ1n) is 7.68. The summed E-state index contributed by atoms with van der Waals surface area (Å²) in [4.78, 5) is 12.4. The Hall–Kier alpha value is -2.29. The Morgan fingerprint density at radius 3 is 2.91 bits per heavy atom. The molecule has 1 amide bonds.